The van der Waals surface area contributed by atoms with E-state index in [4.69, 9.17) is 0 Å². The van der Waals surface area contributed by atoms with Gasteiger partial charge in [-0.3, -0.25) is 0 Å². The van der Waals surface area contributed by atoms with Gasteiger partial charge in [-0.25, -0.2) is 13.8 Å². The molecule has 0 unspecified atom stereocenters. The van der Waals surface area contributed by atoms with E-state index in [0.717, 1.165) is 21.7 Å². The van der Waals surface area contributed by atoms with E-state index in [1.165, 1.54) is 29.5 Å². The lowest BCUT2D eigenvalue weighted by Gasteiger charge is -2.00. The summed E-state index contributed by atoms with van der Waals surface area (Å²) in [5, 5.41) is 0.646. The molecule has 3 aromatic rings. The number of aryl methyl sites for hydroxylation is 2. The van der Waals surface area contributed by atoms with Crippen LogP contribution in [0.25, 0.3) is 21.0 Å². The molecule has 0 bridgehead atoms. The van der Waals surface area contributed by atoms with Gasteiger partial charge in [0.2, 0.25) is 0 Å². The lowest BCUT2D eigenvalue weighted by atomic mass is 10.1. The maximum Gasteiger partial charge on any atom is 0.133 e. The fourth-order valence-electron chi connectivity index (χ4n) is 2.18. The van der Waals surface area contributed by atoms with Crippen LogP contribution in [0.2, 0.25) is 0 Å². The van der Waals surface area contributed by atoms with Gasteiger partial charge in [-0.2, -0.15) is 0 Å². The lowest BCUT2D eigenvalue weighted by Crippen LogP contribution is -1.85. The third kappa shape index (κ3) is 2.72. The highest BCUT2D eigenvalue weighted by Gasteiger charge is 2.14. The monoisotopic (exact) mass is 301 g/mol. The molecule has 0 aliphatic carbocycles. The summed E-state index contributed by atoms with van der Waals surface area (Å²) < 4.78 is 27.0. The topological polar surface area (TPSA) is 12.9 Å². The van der Waals surface area contributed by atoms with Crippen molar-refractivity contribution in [3.63, 3.8) is 0 Å². The summed E-state index contributed by atoms with van der Waals surface area (Å²) in [5.74, 6) is -0.550. The van der Waals surface area contributed by atoms with Crippen molar-refractivity contribution in [2.75, 3.05) is 0 Å². The zero-order valence-corrected chi connectivity index (χ0v) is 12.5. The first-order chi connectivity index (χ1) is 10.0. The fourth-order valence-corrected chi connectivity index (χ4v) is 3.27. The predicted molar refractivity (Wildman–Crippen MR) is 82.4 cm³/mol. The highest BCUT2D eigenvalue weighted by atomic mass is 32.1. The van der Waals surface area contributed by atoms with Crippen molar-refractivity contribution < 1.29 is 8.78 Å². The normalized spacial score (nSPS) is 10.9. The quantitative estimate of drug-likeness (QED) is 0.620. The number of hydrogen-bond donors (Lipinski definition) is 0. The Morgan fingerprint density at radius 3 is 2.38 bits per heavy atom. The Hall–Kier alpha value is -2.07. The van der Waals surface area contributed by atoms with Gasteiger partial charge < -0.3 is 0 Å². The summed E-state index contributed by atoms with van der Waals surface area (Å²) in [6.07, 6.45) is 0. The summed E-state index contributed by atoms with van der Waals surface area (Å²) in [4.78, 5) is 5.40. The third-order valence-corrected chi connectivity index (χ3v) is 4.50. The van der Waals surface area contributed by atoms with Gasteiger partial charge in [0.1, 0.15) is 16.6 Å². The second kappa shape index (κ2) is 5.37. The van der Waals surface area contributed by atoms with E-state index in [1.807, 2.05) is 13.8 Å². The molecule has 0 amide bonds. The molecule has 21 heavy (non-hydrogen) atoms. The van der Waals surface area contributed by atoms with Crippen molar-refractivity contribution in [2.24, 2.45) is 0 Å². The molecule has 0 N–H and O–H groups in total. The molecule has 0 fully saturated rings. The first kappa shape index (κ1) is 13.9. The average Bonchev–Trinajstić information content (AvgIpc) is 2.84. The standard InChI is InChI=1S/C17H13F2NS/c1-10-3-8-15(19)14(9-10)17-20-11(2)16(21-17)12-4-6-13(18)7-5-12/h3-9H,1-2H3. The minimum atomic E-state index is -0.278. The van der Waals surface area contributed by atoms with Gasteiger partial charge in [-0.05, 0) is 43.7 Å². The van der Waals surface area contributed by atoms with Crippen LogP contribution in [0.4, 0.5) is 8.78 Å². The predicted octanol–water partition coefficient (Wildman–Crippen LogP) is 5.37. The highest BCUT2D eigenvalue weighted by Crippen LogP contribution is 2.36. The zero-order valence-electron chi connectivity index (χ0n) is 11.7. The summed E-state index contributed by atoms with van der Waals surface area (Å²) in [7, 11) is 0. The van der Waals surface area contributed by atoms with Crippen LogP contribution in [-0.2, 0) is 0 Å². The van der Waals surface area contributed by atoms with Gasteiger partial charge in [0, 0.05) is 5.56 Å². The number of nitrogens with zero attached hydrogens (tertiary/aromatic N) is 1. The molecule has 0 spiro atoms. The number of benzene rings is 2. The number of hydrogen-bond acceptors (Lipinski definition) is 2. The summed E-state index contributed by atoms with van der Waals surface area (Å²) in [6.45, 7) is 3.80. The molecule has 106 valence electrons. The second-order valence-electron chi connectivity index (χ2n) is 4.92. The Bertz CT molecular complexity index is 791. The van der Waals surface area contributed by atoms with Gasteiger partial charge in [0.05, 0.1) is 10.6 Å². The number of thiazole rings is 1. The van der Waals surface area contributed by atoms with Gasteiger partial charge in [0.15, 0.2) is 0 Å². The van der Waals surface area contributed by atoms with E-state index in [-0.39, 0.29) is 11.6 Å². The lowest BCUT2D eigenvalue weighted by molar-refractivity contribution is 0.628. The van der Waals surface area contributed by atoms with Crippen molar-refractivity contribution in [3.05, 3.63) is 65.4 Å². The molecule has 0 aliphatic rings. The van der Waals surface area contributed by atoms with Crippen LogP contribution in [-0.4, -0.2) is 4.98 Å². The first-order valence-electron chi connectivity index (χ1n) is 6.54. The van der Waals surface area contributed by atoms with Crippen molar-refractivity contribution in [2.45, 2.75) is 13.8 Å². The van der Waals surface area contributed by atoms with Gasteiger partial charge in [-0.1, -0.05) is 23.8 Å². The Kier molecular flexibility index (Phi) is 3.55. The molecule has 4 heteroatoms. The highest BCUT2D eigenvalue weighted by molar-refractivity contribution is 7.18. The Labute approximate surface area is 125 Å². The van der Waals surface area contributed by atoms with Crippen LogP contribution in [0.1, 0.15) is 11.3 Å². The van der Waals surface area contributed by atoms with E-state index >= 15 is 0 Å². The largest absolute Gasteiger partial charge is 0.241 e. The molecule has 1 nitrogen and oxygen atoms in total. The summed E-state index contributed by atoms with van der Waals surface area (Å²) in [5.41, 5.74) is 3.22. The second-order valence-corrected chi connectivity index (χ2v) is 5.92. The van der Waals surface area contributed by atoms with Crippen LogP contribution >= 0.6 is 11.3 Å². The van der Waals surface area contributed by atoms with Crippen molar-refractivity contribution in [3.8, 4) is 21.0 Å². The number of aromatic nitrogens is 1. The van der Waals surface area contributed by atoms with Gasteiger partial charge in [0.25, 0.3) is 0 Å². The Morgan fingerprint density at radius 2 is 1.67 bits per heavy atom. The SMILES string of the molecule is Cc1ccc(F)c(-c2nc(C)c(-c3ccc(F)cc3)s2)c1. The van der Waals surface area contributed by atoms with Crippen LogP contribution in [0.3, 0.4) is 0 Å². The Morgan fingerprint density at radius 1 is 0.952 bits per heavy atom. The molecule has 0 saturated carbocycles. The molecule has 0 atom stereocenters. The van der Waals surface area contributed by atoms with Gasteiger partial charge >= 0.3 is 0 Å². The number of halogens is 2. The summed E-state index contributed by atoms with van der Waals surface area (Å²) in [6, 6.07) is 11.3. The molecular weight excluding hydrogens is 288 g/mol. The van der Waals surface area contributed by atoms with Crippen molar-refractivity contribution >= 4 is 11.3 Å². The Balaban J connectivity index is 2.09. The van der Waals surface area contributed by atoms with Crippen LogP contribution in [0, 0.1) is 25.5 Å². The van der Waals surface area contributed by atoms with Crippen LogP contribution in [0.15, 0.2) is 42.5 Å². The molecule has 2 aromatic carbocycles. The van der Waals surface area contributed by atoms with Gasteiger partial charge in [-0.15, -0.1) is 11.3 Å². The zero-order chi connectivity index (χ0) is 15.0. The average molecular weight is 301 g/mol. The van der Waals surface area contributed by atoms with E-state index < -0.39 is 0 Å². The smallest absolute Gasteiger partial charge is 0.133 e. The van der Waals surface area contributed by atoms with Crippen molar-refractivity contribution in [1.82, 2.24) is 4.98 Å². The molecule has 0 saturated heterocycles. The molecule has 1 heterocycles. The first-order valence-corrected chi connectivity index (χ1v) is 7.36. The molecule has 0 aliphatic heterocycles. The van der Waals surface area contributed by atoms with E-state index in [2.05, 4.69) is 4.98 Å². The fraction of sp³-hybridized carbons (Fsp3) is 0.118. The molecule has 3 rings (SSSR count). The third-order valence-electron chi connectivity index (χ3n) is 3.26. The van der Waals surface area contributed by atoms with E-state index in [9.17, 15) is 8.78 Å². The van der Waals surface area contributed by atoms with Crippen LogP contribution in [0.5, 0.6) is 0 Å². The maximum absolute atomic E-state index is 14.0. The molecule has 0 radical (unpaired) electrons. The minimum absolute atomic E-state index is 0.272. The minimum Gasteiger partial charge on any atom is -0.241 e. The number of rotatable bonds is 2. The van der Waals surface area contributed by atoms with Crippen LogP contribution < -0.4 is 0 Å². The van der Waals surface area contributed by atoms with Crippen molar-refractivity contribution in [1.29, 1.82) is 0 Å². The summed E-state index contributed by atoms with van der Waals surface area (Å²) >= 11 is 1.42. The van der Waals surface area contributed by atoms with E-state index in [1.54, 1.807) is 24.3 Å². The van der Waals surface area contributed by atoms with E-state index in [0.29, 0.717) is 10.6 Å². The molecule has 1 aromatic heterocycles. The molecular formula is C17H13F2NS. The maximum atomic E-state index is 14.0.